The Morgan fingerprint density at radius 3 is 2.42 bits per heavy atom. The highest BCUT2D eigenvalue weighted by molar-refractivity contribution is 7.93. The molecule has 43 heavy (non-hydrogen) atoms. The molecular formula is C30H34F4N4O4S. The van der Waals surface area contributed by atoms with Crippen molar-refractivity contribution in [1.29, 1.82) is 0 Å². The van der Waals surface area contributed by atoms with Gasteiger partial charge < -0.3 is 21.1 Å². The number of carbonyl (C=O) groups excluding carboxylic acids is 1. The van der Waals surface area contributed by atoms with Crippen molar-refractivity contribution >= 4 is 27.3 Å². The number of aliphatic hydroxyl groups is 1. The van der Waals surface area contributed by atoms with Gasteiger partial charge in [-0.1, -0.05) is 48.5 Å². The molecule has 232 valence electrons. The third-order valence-corrected chi connectivity index (χ3v) is 8.92. The van der Waals surface area contributed by atoms with Crippen LogP contribution >= 0.6 is 0 Å². The Bertz CT molecular complexity index is 1520. The third-order valence-electron chi connectivity index (χ3n) is 7.06. The lowest BCUT2D eigenvalue weighted by atomic mass is 10.00. The quantitative estimate of drug-likeness (QED) is 0.224. The topological polar surface area (TPSA) is 111 Å². The lowest BCUT2D eigenvalue weighted by molar-refractivity contribution is -0.137. The summed E-state index contributed by atoms with van der Waals surface area (Å²) in [4.78, 5) is 13.5. The zero-order valence-electron chi connectivity index (χ0n) is 23.5. The first-order valence-corrected chi connectivity index (χ1v) is 15.5. The molecule has 4 N–H and O–H groups in total. The molecule has 0 saturated carbocycles. The number of carbonyl (C=O) groups is 1. The van der Waals surface area contributed by atoms with Gasteiger partial charge in [0.25, 0.3) is 5.91 Å². The first kappa shape index (κ1) is 32.2. The van der Waals surface area contributed by atoms with Gasteiger partial charge in [-0.25, -0.2) is 12.8 Å². The summed E-state index contributed by atoms with van der Waals surface area (Å²) in [6.07, 6.45) is -5.21. The van der Waals surface area contributed by atoms with E-state index in [1.165, 1.54) is 24.3 Å². The van der Waals surface area contributed by atoms with Gasteiger partial charge in [0.2, 0.25) is 10.0 Å². The van der Waals surface area contributed by atoms with E-state index in [0.717, 1.165) is 22.0 Å². The predicted molar refractivity (Wildman–Crippen MR) is 157 cm³/mol. The molecule has 1 saturated heterocycles. The van der Waals surface area contributed by atoms with E-state index in [4.69, 9.17) is 0 Å². The minimum atomic E-state index is -4.49. The number of sulfonamides is 1. The van der Waals surface area contributed by atoms with Gasteiger partial charge in [0.15, 0.2) is 5.82 Å². The summed E-state index contributed by atoms with van der Waals surface area (Å²) in [6, 6.07) is 15.5. The number of amides is 1. The molecule has 0 unspecified atom stereocenters. The molecule has 0 aromatic heterocycles. The molecule has 1 amide bonds. The van der Waals surface area contributed by atoms with Crippen LogP contribution in [0.25, 0.3) is 0 Å². The maximum atomic E-state index is 15.8. The summed E-state index contributed by atoms with van der Waals surface area (Å²) in [5, 5.41) is 19.7. The predicted octanol–water partition coefficient (Wildman–Crippen LogP) is 4.31. The van der Waals surface area contributed by atoms with Crippen molar-refractivity contribution in [3.8, 4) is 0 Å². The number of benzene rings is 3. The maximum Gasteiger partial charge on any atom is 0.416 e. The molecule has 0 radical (unpaired) electrons. The maximum absolute atomic E-state index is 15.8. The summed E-state index contributed by atoms with van der Waals surface area (Å²) in [5.74, 6) is -1.98. The number of rotatable bonds is 12. The second-order valence-corrected chi connectivity index (χ2v) is 12.3. The normalized spacial score (nSPS) is 16.1. The van der Waals surface area contributed by atoms with Crippen LogP contribution in [-0.2, 0) is 29.2 Å². The number of anilines is 2. The fraction of sp³-hybridized carbons (Fsp3) is 0.367. The molecule has 3 aromatic carbocycles. The smallest absolute Gasteiger partial charge is 0.390 e. The summed E-state index contributed by atoms with van der Waals surface area (Å²) in [6.45, 7) is 2.26. The number of hydrogen-bond donors (Lipinski definition) is 4. The molecule has 0 bridgehead atoms. The Labute approximate surface area is 248 Å². The largest absolute Gasteiger partial charge is 0.416 e. The standard InChI is InChI=1S/C30H34F4N4O4S/c1-2-36-23-16-24(28(31)26(17-23)38-12-7-13-43(38,41)42)29(40)37-25(15-20-8-4-3-5-9-20)27(39)19-35-18-21-10-6-11-22(14-21)30(32,33)34/h3-6,8-11,14,16-17,25,27,35-36,39H,2,7,12-13,15,18-19H2,1H3,(H,37,40)/t25-,27+/m0/s1. The van der Waals surface area contributed by atoms with Crippen molar-refractivity contribution in [2.24, 2.45) is 0 Å². The van der Waals surface area contributed by atoms with E-state index in [9.17, 15) is 31.5 Å². The van der Waals surface area contributed by atoms with Crippen LogP contribution < -0.4 is 20.3 Å². The Kier molecular flexibility index (Phi) is 10.3. The molecule has 3 aromatic rings. The monoisotopic (exact) mass is 622 g/mol. The van der Waals surface area contributed by atoms with Crippen molar-refractivity contribution in [1.82, 2.24) is 10.6 Å². The highest BCUT2D eigenvalue weighted by atomic mass is 32.2. The first-order valence-electron chi connectivity index (χ1n) is 13.9. The van der Waals surface area contributed by atoms with Crippen LogP contribution in [0.5, 0.6) is 0 Å². The lowest BCUT2D eigenvalue weighted by Gasteiger charge is -2.26. The second-order valence-electron chi connectivity index (χ2n) is 10.3. The van der Waals surface area contributed by atoms with Crippen molar-refractivity contribution in [2.75, 3.05) is 35.0 Å². The van der Waals surface area contributed by atoms with Crippen molar-refractivity contribution < 1.29 is 35.9 Å². The number of hydrogen-bond acceptors (Lipinski definition) is 6. The average molecular weight is 623 g/mol. The van der Waals surface area contributed by atoms with Crippen molar-refractivity contribution in [3.63, 3.8) is 0 Å². The van der Waals surface area contributed by atoms with Gasteiger partial charge in [0.05, 0.1) is 34.7 Å². The summed E-state index contributed by atoms with van der Waals surface area (Å²) in [5.41, 5.74) is 0.0770. The molecule has 13 heteroatoms. The van der Waals surface area contributed by atoms with E-state index in [1.54, 1.807) is 37.3 Å². The number of alkyl halides is 3. The third kappa shape index (κ3) is 8.24. The molecule has 4 rings (SSSR count). The van der Waals surface area contributed by atoms with Crippen molar-refractivity contribution in [2.45, 2.75) is 44.6 Å². The summed E-state index contributed by atoms with van der Waals surface area (Å²) >= 11 is 0. The van der Waals surface area contributed by atoms with Gasteiger partial charge in [-0.2, -0.15) is 13.2 Å². The van der Waals surface area contributed by atoms with Crippen LogP contribution in [0.3, 0.4) is 0 Å². The van der Waals surface area contributed by atoms with Crippen LogP contribution in [0.2, 0.25) is 0 Å². The number of halogens is 4. The number of nitrogens with zero attached hydrogens (tertiary/aromatic N) is 1. The Hall–Kier alpha value is -3.68. The highest BCUT2D eigenvalue weighted by Gasteiger charge is 2.33. The van der Waals surface area contributed by atoms with E-state index >= 15 is 4.39 Å². The molecule has 1 aliphatic rings. The second kappa shape index (κ2) is 13.7. The van der Waals surface area contributed by atoms with E-state index in [1.807, 2.05) is 0 Å². The Morgan fingerprint density at radius 1 is 1.05 bits per heavy atom. The van der Waals surface area contributed by atoms with Crippen LogP contribution in [0.15, 0.2) is 66.7 Å². The van der Waals surface area contributed by atoms with Gasteiger partial charge >= 0.3 is 6.18 Å². The van der Waals surface area contributed by atoms with E-state index in [2.05, 4.69) is 16.0 Å². The molecule has 0 spiro atoms. The summed E-state index contributed by atoms with van der Waals surface area (Å²) in [7, 11) is -3.73. The Balaban J connectivity index is 1.55. The fourth-order valence-corrected chi connectivity index (χ4v) is 6.49. The lowest BCUT2D eigenvalue weighted by Crippen LogP contribution is -2.49. The minimum Gasteiger partial charge on any atom is -0.390 e. The zero-order chi connectivity index (χ0) is 31.2. The molecule has 1 fully saturated rings. The van der Waals surface area contributed by atoms with Crippen LogP contribution in [0, 0.1) is 5.82 Å². The molecule has 1 heterocycles. The van der Waals surface area contributed by atoms with Crippen molar-refractivity contribution in [3.05, 3.63) is 94.8 Å². The fourth-order valence-electron chi connectivity index (χ4n) is 4.93. The van der Waals surface area contributed by atoms with Crippen LogP contribution in [0.1, 0.15) is 40.4 Å². The zero-order valence-corrected chi connectivity index (χ0v) is 24.3. The molecule has 0 aliphatic carbocycles. The Morgan fingerprint density at radius 2 is 1.77 bits per heavy atom. The average Bonchev–Trinajstić information content (AvgIpc) is 3.32. The van der Waals surface area contributed by atoms with E-state index in [-0.39, 0.29) is 37.5 Å². The number of nitrogens with one attached hydrogen (secondary N) is 3. The van der Waals surface area contributed by atoms with Gasteiger partial charge in [-0.05, 0) is 49.1 Å². The van der Waals surface area contributed by atoms with E-state index < -0.39 is 51.2 Å². The number of aliphatic hydroxyl groups excluding tert-OH is 1. The SMILES string of the molecule is CCNc1cc(C(=O)N[C@@H](Cc2ccccc2)[C@H](O)CNCc2cccc(C(F)(F)F)c2)c(F)c(N2CCCS2(=O)=O)c1. The van der Waals surface area contributed by atoms with Gasteiger partial charge in [0, 0.05) is 31.9 Å². The van der Waals surface area contributed by atoms with Crippen LogP contribution in [0.4, 0.5) is 28.9 Å². The van der Waals surface area contributed by atoms with Gasteiger partial charge in [-0.15, -0.1) is 0 Å². The molecule has 8 nitrogen and oxygen atoms in total. The summed E-state index contributed by atoms with van der Waals surface area (Å²) < 4.78 is 81.1. The highest BCUT2D eigenvalue weighted by Crippen LogP contribution is 2.32. The van der Waals surface area contributed by atoms with Gasteiger partial charge in [-0.3, -0.25) is 9.10 Å². The molecule has 1 aliphatic heterocycles. The minimum absolute atomic E-state index is 0.0278. The molecular weight excluding hydrogens is 588 g/mol. The van der Waals surface area contributed by atoms with Crippen LogP contribution in [-0.4, -0.2) is 57.0 Å². The van der Waals surface area contributed by atoms with Gasteiger partial charge in [0.1, 0.15) is 0 Å². The first-order chi connectivity index (χ1) is 20.4. The molecule has 2 atom stereocenters. The van der Waals surface area contributed by atoms with E-state index in [0.29, 0.717) is 24.2 Å².